The molecule has 2 rings (SSSR count). The van der Waals surface area contributed by atoms with Crippen LogP contribution in [0.25, 0.3) is 0 Å². The average Bonchev–Trinajstić information content (AvgIpc) is 2.65. The summed E-state index contributed by atoms with van der Waals surface area (Å²) in [5.74, 6) is 1.31. The highest BCUT2D eigenvalue weighted by Crippen LogP contribution is 2.18. The summed E-state index contributed by atoms with van der Waals surface area (Å²) in [6.07, 6.45) is 0. The van der Waals surface area contributed by atoms with Crippen molar-refractivity contribution in [1.29, 1.82) is 0 Å². The smallest absolute Gasteiger partial charge is 0.191 e. The van der Waals surface area contributed by atoms with Crippen LogP contribution in [0.1, 0.15) is 17.2 Å². The average molecular weight is 358 g/mol. The molecule has 0 amide bonds. The molecule has 1 unspecified atom stereocenters. The molecule has 0 saturated heterocycles. The van der Waals surface area contributed by atoms with Crippen molar-refractivity contribution >= 4 is 5.96 Å². The molecule has 0 radical (unpaired) electrons. The van der Waals surface area contributed by atoms with E-state index in [-0.39, 0.29) is 11.9 Å². The standard InChI is InChI=1S/C20H27FN4O/c1-22-20(23-13-16-7-5-6-8-19(16)26-4)24-14-18(25(2)3)15-9-11-17(21)12-10-15/h5-12,18H,13-14H2,1-4H3,(H2,22,23,24). The first-order valence-electron chi connectivity index (χ1n) is 8.53. The number of nitrogens with zero attached hydrogens (tertiary/aromatic N) is 2. The first kappa shape index (κ1) is 19.7. The Morgan fingerprint density at radius 3 is 2.42 bits per heavy atom. The monoisotopic (exact) mass is 358 g/mol. The van der Waals surface area contributed by atoms with E-state index in [2.05, 4.69) is 20.5 Å². The summed E-state index contributed by atoms with van der Waals surface area (Å²) < 4.78 is 18.5. The van der Waals surface area contributed by atoms with E-state index >= 15 is 0 Å². The molecule has 5 nitrogen and oxygen atoms in total. The molecule has 2 aromatic rings. The van der Waals surface area contributed by atoms with Gasteiger partial charge >= 0.3 is 0 Å². The Morgan fingerprint density at radius 2 is 1.81 bits per heavy atom. The lowest BCUT2D eigenvalue weighted by atomic mass is 10.1. The quantitative estimate of drug-likeness (QED) is 0.590. The van der Waals surface area contributed by atoms with E-state index in [9.17, 15) is 4.39 Å². The molecule has 0 aromatic heterocycles. The van der Waals surface area contributed by atoms with Crippen LogP contribution in [0, 0.1) is 5.82 Å². The van der Waals surface area contributed by atoms with E-state index in [1.165, 1.54) is 12.1 Å². The van der Waals surface area contributed by atoms with Gasteiger partial charge < -0.3 is 20.3 Å². The maximum absolute atomic E-state index is 13.2. The summed E-state index contributed by atoms with van der Waals surface area (Å²) in [7, 11) is 7.40. The summed E-state index contributed by atoms with van der Waals surface area (Å²) in [5, 5.41) is 6.63. The molecule has 0 saturated carbocycles. The van der Waals surface area contributed by atoms with Crippen LogP contribution in [0.3, 0.4) is 0 Å². The number of hydrogen-bond acceptors (Lipinski definition) is 3. The van der Waals surface area contributed by atoms with Crippen molar-refractivity contribution in [3.63, 3.8) is 0 Å². The van der Waals surface area contributed by atoms with Gasteiger partial charge in [0.05, 0.1) is 13.2 Å². The molecular weight excluding hydrogens is 331 g/mol. The number of rotatable bonds is 7. The molecule has 0 spiro atoms. The molecule has 2 aromatic carbocycles. The van der Waals surface area contributed by atoms with E-state index in [4.69, 9.17) is 4.74 Å². The maximum Gasteiger partial charge on any atom is 0.191 e. The van der Waals surface area contributed by atoms with Gasteiger partial charge in [0, 0.05) is 25.7 Å². The fraction of sp³-hybridized carbons (Fsp3) is 0.350. The van der Waals surface area contributed by atoms with Crippen LogP contribution in [-0.2, 0) is 6.54 Å². The fourth-order valence-electron chi connectivity index (χ4n) is 2.73. The SMILES string of the molecule is CN=C(NCc1ccccc1OC)NCC(c1ccc(F)cc1)N(C)C. The van der Waals surface area contributed by atoms with Gasteiger partial charge in [0.2, 0.25) is 0 Å². The highest BCUT2D eigenvalue weighted by atomic mass is 19.1. The number of ether oxygens (including phenoxy) is 1. The zero-order valence-corrected chi connectivity index (χ0v) is 15.8. The molecule has 0 aliphatic rings. The number of halogens is 1. The lowest BCUT2D eigenvalue weighted by molar-refractivity contribution is 0.298. The van der Waals surface area contributed by atoms with Crippen molar-refractivity contribution in [1.82, 2.24) is 15.5 Å². The highest BCUT2D eigenvalue weighted by molar-refractivity contribution is 5.79. The predicted molar refractivity (Wildman–Crippen MR) is 104 cm³/mol. The molecular formula is C20H27FN4O. The van der Waals surface area contributed by atoms with Crippen molar-refractivity contribution in [2.75, 3.05) is 34.8 Å². The third kappa shape index (κ3) is 5.46. The molecule has 6 heteroatoms. The van der Waals surface area contributed by atoms with Gasteiger partial charge in [-0.1, -0.05) is 30.3 Å². The van der Waals surface area contributed by atoms with Crippen LogP contribution in [0.4, 0.5) is 4.39 Å². The Labute approximate surface area is 154 Å². The zero-order chi connectivity index (χ0) is 18.9. The number of para-hydroxylation sites is 1. The van der Waals surface area contributed by atoms with Gasteiger partial charge in [-0.3, -0.25) is 4.99 Å². The second kappa shape index (κ2) is 9.77. The molecule has 0 heterocycles. The lowest BCUT2D eigenvalue weighted by Crippen LogP contribution is -2.41. The molecule has 1 atom stereocenters. The fourth-order valence-corrected chi connectivity index (χ4v) is 2.73. The van der Waals surface area contributed by atoms with E-state index in [1.54, 1.807) is 14.2 Å². The molecule has 26 heavy (non-hydrogen) atoms. The van der Waals surface area contributed by atoms with Gasteiger partial charge in [0.15, 0.2) is 5.96 Å². The summed E-state index contributed by atoms with van der Waals surface area (Å²) in [6, 6.07) is 14.6. The number of methoxy groups -OCH3 is 1. The Bertz CT molecular complexity index is 716. The van der Waals surface area contributed by atoms with Crippen molar-refractivity contribution in [2.24, 2.45) is 4.99 Å². The number of nitrogens with one attached hydrogen (secondary N) is 2. The van der Waals surface area contributed by atoms with Crippen molar-refractivity contribution in [2.45, 2.75) is 12.6 Å². The molecule has 140 valence electrons. The second-order valence-corrected chi connectivity index (χ2v) is 6.15. The van der Waals surface area contributed by atoms with Crippen molar-refractivity contribution in [3.8, 4) is 5.75 Å². The van der Waals surface area contributed by atoms with Gasteiger partial charge in [0.1, 0.15) is 11.6 Å². The third-order valence-corrected chi connectivity index (χ3v) is 4.20. The van der Waals surface area contributed by atoms with Crippen LogP contribution in [-0.4, -0.2) is 45.7 Å². The summed E-state index contributed by atoms with van der Waals surface area (Å²) in [6.45, 7) is 1.25. The summed E-state index contributed by atoms with van der Waals surface area (Å²) in [4.78, 5) is 6.36. The van der Waals surface area contributed by atoms with Gasteiger partial charge in [-0.25, -0.2) is 4.39 Å². The van der Waals surface area contributed by atoms with E-state index in [0.29, 0.717) is 19.0 Å². The van der Waals surface area contributed by atoms with Crippen molar-refractivity contribution < 1.29 is 9.13 Å². The molecule has 0 aliphatic carbocycles. The van der Waals surface area contributed by atoms with Crippen molar-refractivity contribution in [3.05, 3.63) is 65.5 Å². The van der Waals surface area contributed by atoms with Gasteiger partial charge in [-0.2, -0.15) is 0 Å². The van der Waals surface area contributed by atoms with Crippen LogP contribution < -0.4 is 15.4 Å². The van der Waals surface area contributed by atoms with Crippen LogP contribution in [0.5, 0.6) is 5.75 Å². The first-order valence-corrected chi connectivity index (χ1v) is 8.53. The Hall–Kier alpha value is -2.60. The van der Waals surface area contributed by atoms with Crippen LogP contribution in [0.15, 0.2) is 53.5 Å². The minimum Gasteiger partial charge on any atom is -0.496 e. The van der Waals surface area contributed by atoms with Crippen LogP contribution >= 0.6 is 0 Å². The number of hydrogen-bond donors (Lipinski definition) is 2. The molecule has 0 bridgehead atoms. The zero-order valence-electron chi connectivity index (χ0n) is 15.8. The van der Waals surface area contributed by atoms with Crippen LogP contribution in [0.2, 0.25) is 0 Å². The minimum absolute atomic E-state index is 0.0976. The number of likely N-dealkylation sites (N-methyl/N-ethyl adjacent to an activating group) is 1. The van der Waals surface area contributed by atoms with E-state index < -0.39 is 0 Å². The highest BCUT2D eigenvalue weighted by Gasteiger charge is 2.15. The topological polar surface area (TPSA) is 48.9 Å². The summed E-state index contributed by atoms with van der Waals surface area (Å²) in [5.41, 5.74) is 2.10. The number of guanidine groups is 1. The lowest BCUT2D eigenvalue weighted by Gasteiger charge is -2.26. The Kier molecular flexibility index (Phi) is 7.41. The normalized spacial score (nSPS) is 12.8. The molecule has 2 N–H and O–H groups in total. The first-order chi connectivity index (χ1) is 12.5. The van der Waals surface area contributed by atoms with E-state index in [1.807, 2.05) is 50.5 Å². The Balaban J connectivity index is 1.97. The Morgan fingerprint density at radius 1 is 1.12 bits per heavy atom. The van der Waals surface area contributed by atoms with Gasteiger partial charge in [-0.15, -0.1) is 0 Å². The summed E-state index contributed by atoms with van der Waals surface area (Å²) >= 11 is 0. The maximum atomic E-state index is 13.2. The molecule has 0 aliphatic heterocycles. The second-order valence-electron chi connectivity index (χ2n) is 6.15. The van der Waals surface area contributed by atoms with Gasteiger partial charge in [0.25, 0.3) is 0 Å². The minimum atomic E-state index is -0.228. The number of benzene rings is 2. The number of aliphatic imine (C=N–C) groups is 1. The third-order valence-electron chi connectivity index (χ3n) is 4.20. The largest absolute Gasteiger partial charge is 0.496 e. The van der Waals surface area contributed by atoms with E-state index in [0.717, 1.165) is 16.9 Å². The van der Waals surface area contributed by atoms with Gasteiger partial charge in [-0.05, 0) is 37.9 Å². The molecule has 0 fully saturated rings. The predicted octanol–water partition coefficient (Wildman–Crippen LogP) is 2.80.